The van der Waals surface area contributed by atoms with Crippen molar-refractivity contribution in [1.82, 2.24) is 0 Å². The second kappa shape index (κ2) is 10.2. The molecule has 0 saturated carbocycles. The Balaban J connectivity index is 3.33. The third kappa shape index (κ3) is 9.26. The summed E-state index contributed by atoms with van der Waals surface area (Å²) in [6, 6.07) is 0. The molecule has 0 heterocycles. The second-order valence-electron chi connectivity index (χ2n) is 3.85. The van der Waals surface area contributed by atoms with Crippen LogP contribution < -0.4 is 0 Å². The smallest absolute Gasteiger partial charge is 0.00499 e. The summed E-state index contributed by atoms with van der Waals surface area (Å²) >= 11 is 4.19. The van der Waals surface area contributed by atoms with Gasteiger partial charge in [-0.15, -0.1) is 0 Å². The van der Waals surface area contributed by atoms with Crippen LogP contribution in [0, 0.1) is 6.92 Å². The van der Waals surface area contributed by atoms with Gasteiger partial charge in [0.25, 0.3) is 0 Å². The van der Waals surface area contributed by atoms with E-state index >= 15 is 0 Å². The van der Waals surface area contributed by atoms with Crippen molar-refractivity contribution < 1.29 is 0 Å². The van der Waals surface area contributed by atoms with Crippen molar-refractivity contribution in [2.24, 2.45) is 0 Å². The first-order valence-electron chi connectivity index (χ1n) is 5.73. The van der Waals surface area contributed by atoms with Crippen LogP contribution in [0.4, 0.5) is 0 Å². The van der Waals surface area contributed by atoms with Crippen molar-refractivity contribution in [3.63, 3.8) is 0 Å². The van der Waals surface area contributed by atoms with Crippen LogP contribution in [0.15, 0.2) is 0 Å². The van der Waals surface area contributed by atoms with E-state index in [9.17, 15) is 0 Å². The lowest BCUT2D eigenvalue weighted by molar-refractivity contribution is 0.747. The molecule has 0 aromatic heterocycles. The highest BCUT2D eigenvalue weighted by Gasteiger charge is 2.08. The Hall–Kier alpha value is 0.700. The van der Waals surface area contributed by atoms with Gasteiger partial charge in [0.1, 0.15) is 0 Å². The Morgan fingerprint density at radius 2 is 1.93 bits per heavy atom. The molecule has 0 saturated heterocycles. The molecule has 2 heteroatoms. The van der Waals surface area contributed by atoms with Gasteiger partial charge in [0.2, 0.25) is 0 Å². The fraction of sp³-hybridized carbons (Fsp3) is 0.917. The van der Waals surface area contributed by atoms with Gasteiger partial charge in [-0.1, -0.05) is 27.7 Å². The Labute approximate surface area is 99.0 Å². The van der Waals surface area contributed by atoms with E-state index in [0.29, 0.717) is 0 Å². The molecule has 0 amide bonds. The maximum atomic E-state index is 4.03. The molecular formula is C12H25S2. The molecule has 0 aliphatic heterocycles. The van der Waals surface area contributed by atoms with Gasteiger partial charge >= 0.3 is 0 Å². The zero-order valence-corrected chi connectivity index (χ0v) is 11.6. The van der Waals surface area contributed by atoms with Crippen molar-refractivity contribution in [3.8, 4) is 0 Å². The molecule has 0 fully saturated rings. The summed E-state index contributed by atoms with van der Waals surface area (Å²) in [6.07, 6.45) is 5.11. The van der Waals surface area contributed by atoms with E-state index in [1.807, 2.05) is 0 Å². The van der Waals surface area contributed by atoms with Gasteiger partial charge < -0.3 is 0 Å². The number of thioether (sulfide) groups is 2. The molecule has 0 N–H and O–H groups in total. The minimum absolute atomic E-state index is 0.755. The van der Waals surface area contributed by atoms with Gasteiger partial charge in [-0.2, -0.15) is 23.5 Å². The lowest BCUT2D eigenvalue weighted by Crippen LogP contribution is -2.05. The van der Waals surface area contributed by atoms with Gasteiger partial charge in [0.05, 0.1) is 0 Å². The normalized spacial score (nSPS) is 13.5. The molecule has 0 aliphatic carbocycles. The molecule has 0 nitrogen and oxygen atoms in total. The molecule has 0 aromatic rings. The molecule has 0 aliphatic rings. The molecule has 1 atom stereocenters. The lowest BCUT2D eigenvalue weighted by atomic mass is 10.2. The molecule has 14 heavy (non-hydrogen) atoms. The van der Waals surface area contributed by atoms with Crippen LogP contribution in [-0.4, -0.2) is 22.0 Å². The highest BCUT2D eigenvalue weighted by Crippen LogP contribution is 2.24. The fourth-order valence-corrected chi connectivity index (χ4v) is 3.40. The van der Waals surface area contributed by atoms with Crippen LogP contribution in [0.1, 0.15) is 46.5 Å². The van der Waals surface area contributed by atoms with Crippen LogP contribution in [-0.2, 0) is 0 Å². The van der Waals surface area contributed by atoms with Crippen molar-refractivity contribution in [1.29, 1.82) is 0 Å². The molecule has 0 bridgehead atoms. The maximum Gasteiger partial charge on any atom is 0.00499 e. The van der Waals surface area contributed by atoms with Gasteiger partial charge in [0.15, 0.2) is 0 Å². The van der Waals surface area contributed by atoms with Crippen LogP contribution >= 0.6 is 23.5 Å². The van der Waals surface area contributed by atoms with Crippen molar-refractivity contribution in [2.45, 2.75) is 57.0 Å². The fourth-order valence-electron chi connectivity index (χ4n) is 1.32. The number of hydrogen-bond acceptors (Lipinski definition) is 2. The zero-order chi connectivity index (χ0) is 10.8. The Morgan fingerprint density at radius 3 is 2.43 bits per heavy atom. The van der Waals surface area contributed by atoms with Crippen molar-refractivity contribution in [3.05, 3.63) is 6.92 Å². The summed E-state index contributed by atoms with van der Waals surface area (Å²) in [4.78, 5) is 0. The summed E-state index contributed by atoms with van der Waals surface area (Å²) in [6.45, 7) is 10.8. The van der Waals surface area contributed by atoms with Crippen LogP contribution in [0.3, 0.4) is 0 Å². The molecule has 0 rings (SSSR count). The predicted octanol–water partition coefficient (Wildman–Crippen LogP) is 4.64. The zero-order valence-electron chi connectivity index (χ0n) is 9.92. The van der Waals surface area contributed by atoms with Crippen molar-refractivity contribution in [2.75, 3.05) is 11.5 Å². The highest BCUT2D eigenvalue weighted by molar-refractivity contribution is 8.00. The molecule has 85 valence electrons. The van der Waals surface area contributed by atoms with E-state index in [1.54, 1.807) is 0 Å². The standard InChI is InChI=1S/C12H25S2/c1-5-9-13-10-7-8-12(6-2)14-11(3)4/h11-12H,2,5-10H2,1,3-4H3. The summed E-state index contributed by atoms with van der Waals surface area (Å²) in [5, 5.41) is 1.54. The first kappa shape index (κ1) is 14.7. The van der Waals surface area contributed by atoms with E-state index in [0.717, 1.165) is 16.9 Å². The Bertz CT molecular complexity index is 113. The van der Waals surface area contributed by atoms with Gasteiger partial charge in [0, 0.05) is 5.25 Å². The molecule has 0 spiro atoms. The highest BCUT2D eigenvalue weighted by atomic mass is 32.2. The molecule has 1 radical (unpaired) electrons. The van der Waals surface area contributed by atoms with Gasteiger partial charge in [-0.3, -0.25) is 0 Å². The monoisotopic (exact) mass is 233 g/mol. The quantitative estimate of drug-likeness (QED) is 0.532. The van der Waals surface area contributed by atoms with Crippen LogP contribution in [0.25, 0.3) is 0 Å². The summed E-state index contributed by atoms with van der Waals surface area (Å²) < 4.78 is 0. The Kier molecular flexibility index (Phi) is 10.7. The second-order valence-corrected chi connectivity index (χ2v) is 6.96. The van der Waals surface area contributed by atoms with Gasteiger partial charge in [-0.05, 0) is 42.4 Å². The van der Waals surface area contributed by atoms with E-state index in [1.165, 1.54) is 30.8 Å². The first-order valence-corrected chi connectivity index (χ1v) is 7.82. The first-order chi connectivity index (χ1) is 6.70. The van der Waals surface area contributed by atoms with E-state index in [-0.39, 0.29) is 0 Å². The largest absolute Gasteiger partial charge is 0.162 e. The minimum Gasteiger partial charge on any atom is -0.162 e. The Morgan fingerprint density at radius 1 is 1.21 bits per heavy atom. The molecule has 1 unspecified atom stereocenters. The summed E-state index contributed by atoms with van der Waals surface area (Å²) in [7, 11) is 0. The average molecular weight is 233 g/mol. The third-order valence-electron chi connectivity index (χ3n) is 1.95. The summed E-state index contributed by atoms with van der Waals surface area (Å²) in [5.41, 5.74) is 0. The third-order valence-corrected chi connectivity index (χ3v) is 4.62. The van der Waals surface area contributed by atoms with Crippen molar-refractivity contribution >= 4 is 23.5 Å². The number of hydrogen-bond donors (Lipinski definition) is 0. The minimum atomic E-state index is 0.755. The predicted molar refractivity (Wildman–Crippen MR) is 73.3 cm³/mol. The maximum absolute atomic E-state index is 4.03. The summed E-state index contributed by atoms with van der Waals surface area (Å²) in [5.74, 6) is 2.66. The number of rotatable bonds is 9. The van der Waals surface area contributed by atoms with E-state index in [4.69, 9.17) is 0 Å². The molecular weight excluding hydrogens is 208 g/mol. The van der Waals surface area contributed by atoms with Crippen LogP contribution in [0.5, 0.6) is 0 Å². The van der Waals surface area contributed by atoms with E-state index in [2.05, 4.69) is 51.2 Å². The SMILES string of the molecule is [CH2]CC(CCCSCCC)SC(C)C. The average Bonchev–Trinajstić information content (AvgIpc) is 2.15. The lowest BCUT2D eigenvalue weighted by Gasteiger charge is -2.16. The molecule has 0 aromatic carbocycles. The van der Waals surface area contributed by atoms with E-state index < -0.39 is 0 Å². The van der Waals surface area contributed by atoms with Crippen LogP contribution in [0.2, 0.25) is 0 Å². The van der Waals surface area contributed by atoms with Gasteiger partial charge in [-0.25, -0.2) is 0 Å². The topological polar surface area (TPSA) is 0 Å².